The summed E-state index contributed by atoms with van der Waals surface area (Å²) in [5, 5.41) is 2.24. The second kappa shape index (κ2) is 6.38. The lowest BCUT2D eigenvalue weighted by Gasteiger charge is -2.17. The summed E-state index contributed by atoms with van der Waals surface area (Å²) in [4.78, 5) is 16.0. The van der Waals surface area contributed by atoms with Crippen molar-refractivity contribution in [3.63, 3.8) is 0 Å². The van der Waals surface area contributed by atoms with Crippen molar-refractivity contribution in [2.75, 3.05) is 0 Å². The molecule has 1 N–H and O–H groups in total. The molecule has 2 atom stereocenters. The Labute approximate surface area is 117 Å². The van der Waals surface area contributed by atoms with E-state index in [-0.39, 0.29) is 11.9 Å². The lowest BCUT2D eigenvalue weighted by Crippen LogP contribution is -2.37. The maximum absolute atomic E-state index is 12.0. The molecule has 19 heavy (non-hydrogen) atoms. The molecule has 5 heteroatoms. The van der Waals surface area contributed by atoms with Crippen molar-refractivity contribution in [1.82, 2.24) is 14.9 Å². The van der Waals surface area contributed by atoms with Crippen molar-refractivity contribution in [3.05, 3.63) is 54.6 Å². The Morgan fingerprint density at radius 2 is 2.16 bits per heavy atom. The first-order chi connectivity index (χ1) is 9.16. The Kier molecular flexibility index (Phi) is 4.58. The van der Waals surface area contributed by atoms with Gasteiger partial charge < -0.3 is 9.88 Å². The highest BCUT2D eigenvalue weighted by Gasteiger charge is 2.18. The summed E-state index contributed by atoms with van der Waals surface area (Å²) >= 11 is 6.15. The van der Waals surface area contributed by atoms with Gasteiger partial charge in [0.1, 0.15) is 5.38 Å². The quantitative estimate of drug-likeness (QED) is 0.853. The van der Waals surface area contributed by atoms with Gasteiger partial charge in [0.05, 0.1) is 6.33 Å². The predicted molar refractivity (Wildman–Crippen MR) is 74.9 cm³/mol. The predicted octanol–water partition coefficient (Wildman–Crippen LogP) is 2.37. The average molecular weight is 278 g/mol. The number of carbonyl (C=O) groups excluding carboxylic acids is 1. The summed E-state index contributed by atoms with van der Waals surface area (Å²) in [6, 6.07) is 9.31. The van der Waals surface area contributed by atoms with Gasteiger partial charge in [0, 0.05) is 25.0 Å². The molecule has 100 valence electrons. The van der Waals surface area contributed by atoms with Crippen LogP contribution in [0.1, 0.15) is 17.9 Å². The van der Waals surface area contributed by atoms with E-state index < -0.39 is 5.38 Å². The van der Waals surface area contributed by atoms with Gasteiger partial charge in [-0.05, 0) is 12.5 Å². The number of hydrogen-bond donors (Lipinski definition) is 1. The van der Waals surface area contributed by atoms with Gasteiger partial charge in [-0.3, -0.25) is 4.79 Å². The van der Waals surface area contributed by atoms with Crippen LogP contribution in [0.3, 0.4) is 0 Å². The van der Waals surface area contributed by atoms with E-state index in [0.29, 0.717) is 6.54 Å². The van der Waals surface area contributed by atoms with Crippen molar-refractivity contribution < 1.29 is 4.79 Å². The summed E-state index contributed by atoms with van der Waals surface area (Å²) in [6.07, 6.45) is 5.29. The van der Waals surface area contributed by atoms with Crippen LogP contribution < -0.4 is 5.32 Å². The summed E-state index contributed by atoms with van der Waals surface area (Å²) in [7, 11) is 0. The molecule has 0 saturated heterocycles. The van der Waals surface area contributed by atoms with Crippen molar-refractivity contribution in [1.29, 1.82) is 0 Å². The van der Waals surface area contributed by atoms with E-state index in [1.54, 1.807) is 12.5 Å². The Morgan fingerprint density at radius 1 is 1.42 bits per heavy atom. The minimum absolute atomic E-state index is 0.00772. The molecule has 1 heterocycles. The van der Waals surface area contributed by atoms with E-state index >= 15 is 0 Å². The topological polar surface area (TPSA) is 46.9 Å². The fourth-order valence-corrected chi connectivity index (χ4v) is 2.05. The van der Waals surface area contributed by atoms with E-state index in [9.17, 15) is 4.79 Å². The van der Waals surface area contributed by atoms with Gasteiger partial charge in [-0.1, -0.05) is 30.3 Å². The number of aromatic nitrogens is 2. The molecular formula is C14H16ClN3O. The van der Waals surface area contributed by atoms with Crippen LogP contribution in [0.4, 0.5) is 0 Å². The smallest absolute Gasteiger partial charge is 0.242 e. The Hall–Kier alpha value is -1.81. The molecular weight excluding hydrogens is 262 g/mol. The van der Waals surface area contributed by atoms with E-state index in [4.69, 9.17) is 11.6 Å². The first kappa shape index (κ1) is 13.6. The second-order valence-electron chi connectivity index (χ2n) is 4.44. The third kappa shape index (κ3) is 3.83. The maximum atomic E-state index is 12.0. The van der Waals surface area contributed by atoms with Crippen molar-refractivity contribution in [3.8, 4) is 0 Å². The fourth-order valence-electron chi connectivity index (χ4n) is 1.85. The van der Waals surface area contributed by atoms with E-state index in [1.165, 1.54) is 0 Å². The number of alkyl halides is 1. The molecule has 0 aliphatic rings. The van der Waals surface area contributed by atoms with Gasteiger partial charge in [0.15, 0.2) is 0 Å². The van der Waals surface area contributed by atoms with Gasteiger partial charge in [-0.25, -0.2) is 4.98 Å². The molecule has 0 aliphatic heterocycles. The number of imidazole rings is 1. The zero-order chi connectivity index (χ0) is 13.7. The molecule has 0 radical (unpaired) electrons. The number of amides is 1. The highest BCUT2D eigenvalue weighted by atomic mass is 35.5. The molecule has 2 aromatic rings. The molecule has 0 fully saturated rings. The maximum Gasteiger partial charge on any atom is 0.242 e. The van der Waals surface area contributed by atoms with Crippen LogP contribution in [0, 0.1) is 0 Å². The van der Waals surface area contributed by atoms with Crippen molar-refractivity contribution >= 4 is 17.5 Å². The molecule has 0 spiro atoms. The van der Waals surface area contributed by atoms with Crippen LogP contribution in [0.5, 0.6) is 0 Å². The summed E-state index contributed by atoms with van der Waals surface area (Å²) < 4.78 is 1.91. The zero-order valence-corrected chi connectivity index (χ0v) is 11.4. The number of rotatable bonds is 5. The number of hydrogen-bond acceptors (Lipinski definition) is 2. The summed E-state index contributed by atoms with van der Waals surface area (Å²) in [5.74, 6) is -0.180. The number of nitrogens with zero attached hydrogens (tertiary/aromatic N) is 2. The third-order valence-electron chi connectivity index (χ3n) is 2.75. The lowest BCUT2D eigenvalue weighted by molar-refractivity contribution is -0.121. The molecule has 0 saturated carbocycles. The molecule has 1 aromatic carbocycles. The summed E-state index contributed by atoms with van der Waals surface area (Å²) in [5.41, 5.74) is 0.802. The number of nitrogens with one attached hydrogen (secondary N) is 1. The van der Waals surface area contributed by atoms with Crippen LogP contribution in [0.25, 0.3) is 0 Å². The van der Waals surface area contributed by atoms with E-state index in [1.807, 2.05) is 48.0 Å². The minimum Gasteiger partial charge on any atom is -0.350 e. The monoisotopic (exact) mass is 277 g/mol. The van der Waals surface area contributed by atoms with Gasteiger partial charge in [0.2, 0.25) is 5.91 Å². The molecule has 0 aliphatic carbocycles. The minimum atomic E-state index is -0.661. The first-order valence-electron chi connectivity index (χ1n) is 6.12. The van der Waals surface area contributed by atoms with Crippen LogP contribution >= 0.6 is 11.6 Å². The summed E-state index contributed by atoms with van der Waals surface area (Å²) in [6.45, 7) is 2.61. The van der Waals surface area contributed by atoms with Gasteiger partial charge in [0.25, 0.3) is 0 Å². The van der Waals surface area contributed by atoms with Crippen molar-refractivity contribution in [2.45, 2.75) is 24.9 Å². The highest BCUT2D eigenvalue weighted by Crippen LogP contribution is 2.20. The highest BCUT2D eigenvalue weighted by molar-refractivity contribution is 6.30. The SMILES string of the molecule is CC(Cn1ccnc1)NC(=O)C(Cl)c1ccccc1. The largest absolute Gasteiger partial charge is 0.350 e. The van der Waals surface area contributed by atoms with Crippen LogP contribution in [-0.2, 0) is 11.3 Å². The molecule has 1 amide bonds. The van der Waals surface area contributed by atoms with Gasteiger partial charge in [-0.2, -0.15) is 0 Å². The normalized spacial score (nSPS) is 13.8. The van der Waals surface area contributed by atoms with E-state index in [0.717, 1.165) is 5.56 Å². The molecule has 0 bridgehead atoms. The molecule has 2 unspecified atom stereocenters. The van der Waals surface area contributed by atoms with Crippen LogP contribution in [-0.4, -0.2) is 21.5 Å². The standard InChI is InChI=1S/C14H16ClN3O/c1-11(9-18-8-7-16-10-18)17-14(19)13(15)12-5-3-2-4-6-12/h2-8,10-11,13H,9H2,1H3,(H,17,19). The fraction of sp³-hybridized carbons (Fsp3) is 0.286. The van der Waals surface area contributed by atoms with Gasteiger partial charge >= 0.3 is 0 Å². The van der Waals surface area contributed by atoms with Crippen LogP contribution in [0.2, 0.25) is 0 Å². The lowest BCUT2D eigenvalue weighted by atomic mass is 10.1. The molecule has 1 aromatic heterocycles. The Morgan fingerprint density at radius 3 is 2.79 bits per heavy atom. The molecule has 4 nitrogen and oxygen atoms in total. The van der Waals surface area contributed by atoms with Gasteiger partial charge in [-0.15, -0.1) is 11.6 Å². The number of halogens is 1. The zero-order valence-electron chi connectivity index (χ0n) is 10.7. The Balaban J connectivity index is 1.90. The third-order valence-corrected chi connectivity index (χ3v) is 3.21. The van der Waals surface area contributed by atoms with Crippen LogP contribution in [0.15, 0.2) is 49.1 Å². The van der Waals surface area contributed by atoms with E-state index in [2.05, 4.69) is 10.3 Å². The average Bonchev–Trinajstić information content (AvgIpc) is 2.91. The molecule has 2 rings (SSSR count). The van der Waals surface area contributed by atoms with Crippen molar-refractivity contribution in [2.24, 2.45) is 0 Å². The Bertz CT molecular complexity index is 513. The number of carbonyl (C=O) groups is 1. The second-order valence-corrected chi connectivity index (χ2v) is 4.88. The number of benzene rings is 1. The first-order valence-corrected chi connectivity index (χ1v) is 6.55.